The Morgan fingerprint density at radius 1 is 1.41 bits per heavy atom. The van der Waals surface area contributed by atoms with Gasteiger partial charge in [0, 0.05) is 5.92 Å². The lowest BCUT2D eigenvalue weighted by molar-refractivity contribution is -0.113. The van der Waals surface area contributed by atoms with Crippen molar-refractivity contribution in [2.45, 2.75) is 31.8 Å². The molecule has 5 nitrogen and oxygen atoms in total. The van der Waals surface area contributed by atoms with Gasteiger partial charge in [-0.05, 0) is 18.6 Å². The van der Waals surface area contributed by atoms with Gasteiger partial charge in [0.2, 0.25) is 11.1 Å². The molecular formula is C14H16Cl2N4OS. The van der Waals surface area contributed by atoms with Crippen molar-refractivity contribution in [1.29, 1.82) is 0 Å². The van der Waals surface area contributed by atoms with Crippen molar-refractivity contribution >= 4 is 46.6 Å². The molecule has 0 radical (unpaired) electrons. The number of thioether (sulfide) groups is 1. The van der Waals surface area contributed by atoms with Crippen LogP contribution in [-0.4, -0.2) is 26.8 Å². The SMILES string of the molecule is Cc1ccc(Cl)c(NC(=O)CSc2n[nH]c(C(C)C)n2)c1Cl. The van der Waals surface area contributed by atoms with Crippen molar-refractivity contribution in [1.82, 2.24) is 15.2 Å². The largest absolute Gasteiger partial charge is 0.323 e. The van der Waals surface area contributed by atoms with Crippen LogP contribution in [0.25, 0.3) is 0 Å². The van der Waals surface area contributed by atoms with E-state index in [-0.39, 0.29) is 17.6 Å². The number of hydrogen-bond donors (Lipinski definition) is 2. The lowest BCUT2D eigenvalue weighted by Gasteiger charge is -2.10. The van der Waals surface area contributed by atoms with Crippen molar-refractivity contribution in [3.63, 3.8) is 0 Å². The van der Waals surface area contributed by atoms with Crippen LogP contribution < -0.4 is 5.32 Å². The Morgan fingerprint density at radius 2 is 2.14 bits per heavy atom. The quantitative estimate of drug-likeness (QED) is 0.782. The Morgan fingerprint density at radius 3 is 2.77 bits per heavy atom. The van der Waals surface area contributed by atoms with Gasteiger partial charge in [0.25, 0.3) is 0 Å². The Kier molecular flexibility index (Phi) is 5.72. The molecule has 0 saturated carbocycles. The normalized spacial score (nSPS) is 11.0. The summed E-state index contributed by atoms with van der Waals surface area (Å²) < 4.78 is 0. The number of nitrogens with zero attached hydrogens (tertiary/aromatic N) is 2. The van der Waals surface area contributed by atoms with Gasteiger partial charge in [0.15, 0.2) is 0 Å². The number of H-pyrrole nitrogens is 1. The third-order valence-corrected chi connectivity index (χ3v) is 4.56. The van der Waals surface area contributed by atoms with Gasteiger partial charge >= 0.3 is 0 Å². The zero-order valence-electron chi connectivity index (χ0n) is 12.4. The molecule has 0 aliphatic rings. The molecule has 0 fully saturated rings. The van der Waals surface area contributed by atoms with Gasteiger partial charge in [-0.2, -0.15) is 0 Å². The summed E-state index contributed by atoms with van der Waals surface area (Å²) in [6.07, 6.45) is 0. The maximum Gasteiger partial charge on any atom is 0.234 e. The number of benzene rings is 1. The first-order valence-electron chi connectivity index (χ1n) is 6.68. The molecule has 8 heteroatoms. The average molecular weight is 359 g/mol. The van der Waals surface area contributed by atoms with Gasteiger partial charge in [0.05, 0.1) is 21.5 Å². The summed E-state index contributed by atoms with van der Waals surface area (Å²) in [5.74, 6) is 1.03. The number of hydrogen-bond acceptors (Lipinski definition) is 4. The standard InChI is InChI=1S/C14H16Cl2N4OS/c1-7(2)13-18-14(20-19-13)22-6-10(21)17-12-9(15)5-4-8(3)11(12)16/h4-5,7H,6H2,1-3H3,(H,17,21)(H,18,19,20). The average Bonchev–Trinajstić information content (AvgIpc) is 2.95. The van der Waals surface area contributed by atoms with Crippen molar-refractivity contribution < 1.29 is 4.79 Å². The number of halogens is 2. The minimum absolute atomic E-state index is 0.177. The molecular weight excluding hydrogens is 343 g/mol. The van der Waals surface area contributed by atoms with Crippen LogP contribution in [0.1, 0.15) is 31.2 Å². The van der Waals surface area contributed by atoms with E-state index in [0.29, 0.717) is 20.9 Å². The van der Waals surface area contributed by atoms with Crippen LogP contribution in [0, 0.1) is 6.92 Å². The molecule has 2 rings (SSSR count). The fourth-order valence-electron chi connectivity index (χ4n) is 1.66. The number of rotatable bonds is 5. The molecule has 1 aromatic heterocycles. The van der Waals surface area contributed by atoms with Crippen molar-refractivity contribution in [3.8, 4) is 0 Å². The maximum absolute atomic E-state index is 12.0. The molecule has 0 aliphatic carbocycles. The number of aromatic nitrogens is 3. The third-order valence-electron chi connectivity index (χ3n) is 2.91. The summed E-state index contributed by atoms with van der Waals surface area (Å²) >= 11 is 13.5. The number of anilines is 1. The van der Waals surface area contributed by atoms with Crippen LogP contribution in [-0.2, 0) is 4.79 Å². The first-order valence-corrected chi connectivity index (χ1v) is 8.42. The molecule has 1 aromatic carbocycles. The van der Waals surface area contributed by atoms with E-state index in [1.807, 2.05) is 20.8 Å². The first-order chi connectivity index (χ1) is 10.4. The van der Waals surface area contributed by atoms with Gasteiger partial charge in [-0.25, -0.2) is 4.98 Å². The Bertz CT molecular complexity index is 687. The Labute approximate surface area is 143 Å². The van der Waals surface area contributed by atoms with E-state index in [2.05, 4.69) is 20.5 Å². The predicted molar refractivity (Wildman–Crippen MR) is 91.0 cm³/mol. The molecule has 0 bridgehead atoms. The zero-order chi connectivity index (χ0) is 16.3. The molecule has 0 atom stereocenters. The van der Waals surface area contributed by atoms with E-state index in [1.165, 1.54) is 11.8 Å². The number of carbonyl (C=O) groups excluding carboxylic acids is 1. The summed E-state index contributed by atoms with van der Waals surface area (Å²) in [4.78, 5) is 16.3. The van der Waals surface area contributed by atoms with Crippen LogP contribution in [0.5, 0.6) is 0 Å². The second kappa shape index (κ2) is 7.35. The highest BCUT2D eigenvalue weighted by molar-refractivity contribution is 7.99. The second-order valence-electron chi connectivity index (χ2n) is 5.05. The number of aromatic amines is 1. The van der Waals surface area contributed by atoms with E-state index in [0.717, 1.165) is 11.4 Å². The topological polar surface area (TPSA) is 70.7 Å². The highest BCUT2D eigenvalue weighted by Crippen LogP contribution is 2.33. The van der Waals surface area contributed by atoms with Gasteiger partial charge in [-0.1, -0.05) is 54.9 Å². The summed E-state index contributed by atoms with van der Waals surface area (Å²) in [5.41, 5.74) is 1.29. The highest BCUT2D eigenvalue weighted by Gasteiger charge is 2.13. The molecule has 22 heavy (non-hydrogen) atoms. The van der Waals surface area contributed by atoms with Crippen LogP contribution in [0.4, 0.5) is 5.69 Å². The van der Waals surface area contributed by atoms with Crippen LogP contribution in [0.2, 0.25) is 10.0 Å². The van der Waals surface area contributed by atoms with Crippen LogP contribution >= 0.6 is 35.0 Å². The summed E-state index contributed by atoms with van der Waals surface area (Å²) in [6.45, 7) is 5.89. The first kappa shape index (κ1) is 17.1. The molecule has 0 aliphatic heterocycles. The van der Waals surface area contributed by atoms with Crippen molar-refractivity contribution in [3.05, 3.63) is 33.6 Å². The van der Waals surface area contributed by atoms with Crippen molar-refractivity contribution in [2.75, 3.05) is 11.1 Å². The number of nitrogens with one attached hydrogen (secondary N) is 2. The fraction of sp³-hybridized carbons (Fsp3) is 0.357. The molecule has 118 valence electrons. The minimum atomic E-state index is -0.213. The summed E-state index contributed by atoms with van der Waals surface area (Å²) in [6, 6.07) is 3.51. The molecule has 0 spiro atoms. The van der Waals surface area contributed by atoms with Crippen molar-refractivity contribution in [2.24, 2.45) is 0 Å². The zero-order valence-corrected chi connectivity index (χ0v) is 14.7. The van der Waals surface area contributed by atoms with E-state index in [9.17, 15) is 4.79 Å². The maximum atomic E-state index is 12.0. The van der Waals surface area contributed by atoms with Gasteiger partial charge in [0.1, 0.15) is 5.82 Å². The minimum Gasteiger partial charge on any atom is -0.323 e. The van der Waals surface area contributed by atoms with E-state index < -0.39 is 0 Å². The Balaban J connectivity index is 1.97. The fourth-order valence-corrected chi connectivity index (χ4v) is 2.73. The lowest BCUT2D eigenvalue weighted by atomic mass is 10.2. The summed E-state index contributed by atoms with van der Waals surface area (Å²) in [5, 5.41) is 11.0. The van der Waals surface area contributed by atoms with Gasteiger partial charge < -0.3 is 5.32 Å². The Hall–Kier alpha value is -1.24. The number of carbonyl (C=O) groups is 1. The van der Waals surface area contributed by atoms with E-state index in [1.54, 1.807) is 12.1 Å². The highest BCUT2D eigenvalue weighted by atomic mass is 35.5. The molecule has 0 unspecified atom stereocenters. The lowest BCUT2D eigenvalue weighted by Crippen LogP contribution is -2.15. The van der Waals surface area contributed by atoms with Crippen LogP contribution in [0.15, 0.2) is 17.3 Å². The number of amides is 1. The summed E-state index contributed by atoms with van der Waals surface area (Å²) in [7, 11) is 0. The molecule has 2 N–H and O–H groups in total. The molecule has 0 saturated heterocycles. The van der Waals surface area contributed by atoms with E-state index >= 15 is 0 Å². The second-order valence-corrected chi connectivity index (χ2v) is 6.78. The molecule has 1 amide bonds. The van der Waals surface area contributed by atoms with Crippen LogP contribution in [0.3, 0.4) is 0 Å². The number of aryl methyl sites for hydroxylation is 1. The molecule has 2 aromatic rings. The molecule has 1 heterocycles. The smallest absolute Gasteiger partial charge is 0.234 e. The van der Waals surface area contributed by atoms with E-state index in [4.69, 9.17) is 23.2 Å². The predicted octanol–water partition coefficient (Wildman–Crippen LogP) is 4.27. The third kappa shape index (κ3) is 4.15. The van der Waals surface area contributed by atoms with Gasteiger partial charge in [-0.15, -0.1) is 5.10 Å². The van der Waals surface area contributed by atoms with Gasteiger partial charge in [-0.3, -0.25) is 9.89 Å². The monoisotopic (exact) mass is 358 g/mol.